The van der Waals surface area contributed by atoms with Crippen molar-refractivity contribution in [2.75, 3.05) is 0 Å². The number of esters is 3. The number of rotatable bonds is 12. The first-order valence-corrected chi connectivity index (χ1v) is 20.2. The van der Waals surface area contributed by atoms with E-state index in [0.717, 1.165) is 71.6 Å². The molecule has 2 aromatic carbocycles. The van der Waals surface area contributed by atoms with E-state index in [9.17, 15) is 14.4 Å². The number of ether oxygens (including phenoxy) is 3. The zero-order chi connectivity index (χ0) is 39.0. The van der Waals surface area contributed by atoms with Crippen LogP contribution in [0.5, 0.6) is 11.5 Å². The zero-order valence-electron chi connectivity index (χ0n) is 33.3. The van der Waals surface area contributed by atoms with Gasteiger partial charge in [0.25, 0.3) is 0 Å². The Morgan fingerprint density at radius 2 is 1.31 bits per heavy atom. The van der Waals surface area contributed by atoms with Gasteiger partial charge < -0.3 is 14.2 Å². The van der Waals surface area contributed by atoms with Crippen molar-refractivity contribution in [3.8, 4) is 22.6 Å². The molecule has 290 valence electrons. The summed E-state index contributed by atoms with van der Waals surface area (Å²) in [6.07, 6.45) is 20.5. The lowest BCUT2D eigenvalue weighted by Crippen LogP contribution is -2.51. The van der Waals surface area contributed by atoms with Crippen LogP contribution in [0.1, 0.15) is 105 Å². The number of carbonyl (C=O) groups is 3. The SMILES string of the molecule is C=CC(=O)OC1CC[C@@]2(C)C(=CCC3C4CCC(C(C)CCCC(C)C)[C@@]4(C)CCC32)C1.C=CC(=O)Oc1ccc(-c2ccc(OC(=O)C=C)cc2)cc1. The molecule has 6 heteroatoms. The van der Waals surface area contributed by atoms with E-state index in [1.807, 2.05) is 24.3 Å². The second kappa shape index (κ2) is 18.0. The van der Waals surface area contributed by atoms with Gasteiger partial charge in [-0.3, -0.25) is 0 Å². The third-order valence-corrected chi connectivity index (χ3v) is 13.5. The smallest absolute Gasteiger partial charge is 0.335 e. The van der Waals surface area contributed by atoms with Crippen LogP contribution in [0, 0.1) is 46.3 Å². The fourth-order valence-electron chi connectivity index (χ4n) is 10.7. The maximum Gasteiger partial charge on any atom is 0.335 e. The second-order valence-corrected chi connectivity index (χ2v) is 17.1. The maximum absolute atomic E-state index is 11.7. The van der Waals surface area contributed by atoms with Gasteiger partial charge in [-0.05, 0) is 127 Å². The highest BCUT2D eigenvalue weighted by molar-refractivity contribution is 5.84. The van der Waals surface area contributed by atoms with Crippen molar-refractivity contribution in [3.05, 3.63) is 98.1 Å². The molecule has 3 saturated carbocycles. The first kappa shape index (κ1) is 41.0. The summed E-state index contributed by atoms with van der Waals surface area (Å²) in [7, 11) is 0. The number of carbonyl (C=O) groups excluding carboxylic acids is 3. The van der Waals surface area contributed by atoms with E-state index in [1.165, 1.54) is 63.9 Å². The van der Waals surface area contributed by atoms with Crippen LogP contribution in [0.25, 0.3) is 11.1 Å². The quantitative estimate of drug-likeness (QED) is 0.0935. The topological polar surface area (TPSA) is 78.9 Å². The highest BCUT2D eigenvalue weighted by Gasteiger charge is 2.59. The van der Waals surface area contributed by atoms with Gasteiger partial charge in [0.15, 0.2) is 0 Å². The molecule has 6 nitrogen and oxygen atoms in total. The second-order valence-electron chi connectivity index (χ2n) is 17.1. The van der Waals surface area contributed by atoms with Crippen LogP contribution in [0.2, 0.25) is 0 Å². The summed E-state index contributed by atoms with van der Waals surface area (Å²) in [4.78, 5) is 33.9. The Hall–Kier alpha value is -4.19. The number of hydrogen-bond acceptors (Lipinski definition) is 6. The van der Waals surface area contributed by atoms with Gasteiger partial charge in [0, 0.05) is 24.6 Å². The van der Waals surface area contributed by atoms with E-state index >= 15 is 0 Å². The Morgan fingerprint density at radius 1 is 0.741 bits per heavy atom. The molecule has 0 heterocycles. The van der Waals surface area contributed by atoms with Gasteiger partial charge in [0.05, 0.1) is 0 Å². The molecular formula is C48H62O6. The number of benzene rings is 2. The average molecular weight is 735 g/mol. The van der Waals surface area contributed by atoms with Gasteiger partial charge in [0.2, 0.25) is 0 Å². The van der Waals surface area contributed by atoms with Gasteiger partial charge in [0.1, 0.15) is 17.6 Å². The fraction of sp³-hybridized carbons (Fsp3) is 0.521. The van der Waals surface area contributed by atoms with Crippen molar-refractivity contribution in [3.63, 3.8) is 0 Å². The molecule has 8 atom stereocenters. The van der Waals surface area contributed by atoms with Crippen LogP contribution >= 0.6 is 0 Å². The molecule has 0 bridgehead atoms. The predicted molar refractivity (Wildman–Crippen MR) is 217 cm³/mol. The molecule has 6 rings (SSSR count). The lowest BCUT2D eigenvalue weighted by atomic mass is 9.47. The summed E-state index contributed by atoms with van der Waals surface area (Å²) in [6, 6.07) is 14.1. The van der Waals surface area contributed by atoms with Crippen LogP contribution < -0.4 is 9.47 Å². The van der Waals surface area contributed by atoms with Crippen molar-refractivity contribution in [1.29, 1.82) is 0 Å². The first-order chi connectivity index (χ1) is 25.8. The molecule has 3 fully saturated rings. The Labute approximate surface area is 324 Å². The van der Waals surface area contributed by atoms with Gasteiger partial charge >= 0.3 is 17.9 Å². The summed E-state index contributed by atoms with van der Waals surface area (Å²) >= 11 is 0. The third-order valence-electron chi connectivity index (χ3n) is 13.5. The summed E-state index contributed by atoms with van der Waals surface area (Å²) in [5, 5.41) is 0. The molecule has 0 amide bonds. The third kappa shape index (κ3) is 9.36. The van der Waals surface area contributed by atoms with Crippen molar-refractivity contribution in [1.82, 2.24) is 0 Å². The van der Waals surface area contributed by atoms with Crippen LogP contribution in [-0.2, 0) is 19.1 Å². The van der Waals surface area contributed by atoms with Crippen LogP contribution in [0.15, 0.2) is 98.1 Å². The monoisotopic (exact) mass is 734 g/mol. The highest BCUT2D eigenvalue weighted by Crippen LogP contribution is 2.67. The van der Waals surface area contributed by atoms with Gasteiger partial charge in [-0.1, -0.05) is 110 Å². The molecule has 0 radical (unpaired) electrons. The van der Waals surface area contributed by atoms with Crippen molar-refractivity contribution in [2.45, 2.75) is 111 Å². The Bertz CT molecular complexity index is 1620. The largest absolute Gasteiger partial charge is 0.459 e. The molecule has 0 N–H and O–H groups in total. The number of fused-ring (bicyclic) bond motifs is 5. The van der Waals surface area contributed by atoms with Crippen LogP contribution in [0.3, 0.4) is 0 Å². The highest BCUT2D eigenvalue weighted by atomic mass is 16.5. The van der Waals surface area contributed by atoms with E-state index in [-0.39, 0.29) is 12.1 Å². The lowest BCUT2D eigenvalue weighted by Gasteiger charge is -2.58. The zero-order valence-corrected chi connectivity index (χ0v) is 33.3. The lowest BCUT2D eigenvalue weighted by molar-refractivity contribution is -0.145. The number of allylic oxidation sites excluding steroid dienone is 1. The van der Waals surface area contributed by atoms with E-state index in [1.54, 1.807) is 29.8 Å². The van der Waals surface area contributed by atoms with Crippen LogP contribution in [-0.4, -0.2) is 24.0 Å². The molecule has 0 saturated heterocycles. The fourth-order valence-corrected chi connectivity index (χ4v) is 10.7. The molecule has 6 unspecified atom stereocenters. The van der Waals surface area contributed by atoms with E-state index in [2.05, 4.69) is 60.4 Å². The van der Waals surface area contributed by atoms with E-state index in [4.69, 9.17) is 14.2 Å². The molecule has 0 aliphatic heterocycles. The number of hydrogen-bond donors (Lipinski definition) is 0. The summed E-state index contributed by atoms with van der Waals surface area (Å²) < 4.78 is 15.7. The molecule has 54 heavy (non-hydrogen) atoms. The summed E-state index contributed by atoms with van der Waals surface area (Å²) in [6.45, 7) is 22.8. The average Bonchev–Trinajstić information content (AvgIpc) is 3.53. The molecular weight excluding hydrogens is 673 g/mol. The van der Waals surface area contributed by atoms with E-state index < -0.39 is 11.9 Å². The maximum atomic E-state index is 11.7. The van der Waals surface area contributed by atoms with E-state index in [0.29, 0.717) is 22.3 Å². The van der Waals surface area contributed by atoms with Crippen molar-refractivity contribution < 1.29 is 28.6 Å². The van der Waals surface area contributed by atoms with Gasteiger partial charge in [-0.15, -0.1) is 0 Å². The van der Waals surface area contributed by atoms with Crippen molar-refractivity contribution >= 4 is 17.9 Å². The molecule has 4 aliphatic rings. The minimum atomic E-state index is -0.499. The van der Waals surface area contributed by atoms with Crippen LogP contribution in [0.4, 0.5) is 0 Å². The summed E-state index contributed by atoms with van der Waals surface area (Å²) in [5.41, 5.74) is 4.35. The Kier molecular flexibility index (Phi) is 13.6. The Balaban J connectivity index is 0.000000223. The molecule has 4 aliphatic carbocycles. The minimum Gasteiger partial charge on any atom is -0.459 e. The normalized spacial score (nSPS) is 28.7. The first-order valence-electron chi connectivity index (χ1n) is 20.2. The minimum absolute atomic E-state index is 0.0489. The van der Waals surface area contributed by atoms with Crippen molar-refractivity contribution in [2.24, 2.45) is 46.3 Å². The standard InChI is InChI=1S/C30H48O2.C18H14O4/c1-7-28(31)32-23-15-17-29(5)22(19-23)11-12-24-26-14-13-25(21(4)10-8-9-20(2)3)30(26,6)18-16-27(24)29;1-3-17(19)21-15-9-5-13(6-10-15)14-7-11-16(12-8-14)22-18(20)4-2/h7,11,20-21,23-27H,1,8-10,12-19H2,2-6H3;3-12H,1-2H2/t21?,23?,24?,25?,26?,27?,29-,30+;/m0./s1. The van der Waals surface area contributed by atoms with Gasteiger partial charge in [-0.25, -0.2) is 14.4 Å². The Morgan fingerprint density at radius 3 is 1.85 bits per heavy atom. The summed E-state index contributed by atoms with van der Waals surface area (Å²) in [5.74, 6) is 4.87. The molecule has 0 aromatic heterocycles. The molecule has 0 spiro atoms. The van der Waals surface area contributed by atoms with Gasteiger partial charge in [-0.2, -0.15) is 0 Å². The predicted octanol–water partition coefficient (Wildman–Crippen LogP) is 11.7. The molecule has 2 aromatic rings.